The summed E-state index contributed by atoms with van der Waals surface area (Å²) in [5.41, 5.74) is 0. The van der Waals surface area contributed by atoms with Gasteiger partial charge in [0.1, 0.15) is 0 Å². The van der Waals surface area contributed by atoms with E-state index in [9.17, 15) is 14.7 Å². The van der Waals surface area contributed by atoms with E-state index in [1.54, 1.807) is 0 Å². The molecule has 0 aromatic rings. The van der Waals surface area contributed by atoms with Crippen LogP contribution in [0.2, 0.25) is 0 Å². The monoisotopic (exact) mass is 322 g/mol. The largest absolute Gasteiger partial charge is 0.393 e. The van der Waals surface area contributed by atoms with Gasteiger partial charge in [-0.1, -0.05) is 32.1 Å². The molecule has 130 valence electrons. The molecular weight excluding hydrogens is 292 g/mol. The first-order valence-electron chi connectivity index (χ1n) is 9.39. The predicted octanol–water partition coefficient (Wildman–Crippen LogP) is 1.69. The molecule has 5 heteroatoms. The summed E-state index contributed by atoms with van der Waals surface area (Å²) >= 11 is 0. The molecule has 2 N–H and O–H groups in total. The zero-order valence-electron chi connectivity index (χ0n) is 14.0. The highest BCUT2D eigenvalue weighted by atomic mass is 16.3. The zero-order chi connectivity index (χ0) is 16.2. The molecule has 1 saturated heterocycles. The van der Waals surface area contributed by atoms with E-state index in [1.165, 1.54) is 6.42 Å². The first-order chi connectivity index (χ1) is 11.1. The molecule has 3 aliphatic rings. The molecule has 0 aromatic carbocycles. The molecule has 2 amide bonds. The fraction of sp³-hybridized carbons (Fsp3) is 0.889. The Kier molecular flexibility index (Phi) is 5.57. The maximum absolute atomic E-state index is 12.4. The maximum Gasteiger partial charge on any atom is 0.226 e. The Hall–Kier alpha value is -1.10. The highest BCUT2D eigenvalue weighted by Gasteiger charge is 2.38. The Morgan fingerprint density at radius 2 is 1.57 bits per heavy atom. The number of aliphatic hydroxyl groups is 1. The van der Waals surface area contributed by atoms with Crippen LogP contribution in [0.4, 0.5) is 0 Å². The fourth-order valence-electron chi connectivity index (χ4n) is 4.23. The third-order valence-electron chi connectivity index (χ3n) is 5.93. The van der Waals surface area contributed by atoms with Crippen LogP contribution in [-0.4, -0.2) is 47.6 Å². The molecule has 2 atom stereocenters. The Morgan fingerprint density at radius 3 is 2.26 bits per heavy atom. The predicted molar refractivity (Wildman–Crippen MR) is 87.6 cm³/mol. The van der Waals surface area contributed by atoms with Gasteiger partial charge in [0, 0.05) is 31.5 Å². The quantitative estimate of drug-likeness (QED) is 0.827. The van der Waals surface area contributed by atoms with Crippen LogP contribution in [-0.2, 0) is 9.59 Å². The topological polar surface area (TPSA) is 69.6 Å². The lowest BCUT2D eigenvalue weighted by Crippen LogP contribution is -2.57. The maximum atomic E-state index is 12.4. The van der Waals surface area contributed by atoms with Gasteiger partial charge in [-0.2, -0.15) is 0 Å². The van der Waals surface area contributed by atoms with E-state index in [4.69, 9.17) is 0 Å². The van der Waals surface area contributed by atoms with E-state index in [2.05, 4.69) is 5.32 Å². The Balaban J connectivity index is 1.36. The zero-order valence-corrected chi connectivity index (χ0v) is 14.0. The number of hydrogen-bond donors (Lipinski definition) is 2. The van der Waals surface area contributed by atoms with E-state index in [1.807, 2.05) is 4.90 Å². The summed E-state index contributed by atoms with van der Waals surface area (Å²) in [6, 6.07) is 0. The van der Waals surface area contributed by atoms with Gasteiger partial charge < -0.3 is 15.3 Å². The van der Waals surface area contributed by atoms with Crippen molar-refractivity contribution in [1.82, 2.24) is 10.2 Å². The highest BCUT2D eigenvalue weighted by molar-refractivity contribution is 5.85. The second-order valence-electron chi connectivity index (χ2n) is 7.63. The second-order valence-corrected chi connectivity index (χ2v) is 7.63. The van der Waals surface area contributed by atoms with Crippen molar-refractivity contribution >= 4 is 11.8 Å². The molecular formula is C18H30N2O3. The standard InChI is InChI=1S/C18H30N2O3/c21-16-9-5-4-8-14(16)10-19-17(22)15-11-20(12-15)18(23)13-6-2-1-3-7-13/h13-16,21H,1-12H2,(H,19,22)/t14-,16+/m1/s1. The third kappa shape index (κ3) is 4.06. The van der Waals surface area contributed by atoms with E-state index in [0.717, 1.165) is 51.4 Å². The Morgan fingerprint density at radius 1 is 0.913 bits per heavy atom. The summed E-state index contributed by atoms with van der Waals surface area (Å²) in [7, 11) is 0. The van der Waals surface area contributed by atoms with Gasteiger partial charge in [0.15, 0.2) is 0 Å². The van der Waals surface area contributed by atoms with Crippen LogP contribution < -0.4 is 5.32 Å². The number of carbonyl (C=O) groups is 2. The van der Waals surface area contributed by atoms with E-state index in [-0.39, 0.29) is 35.7 Å². The first kappa shape index (κ1) is 16.7. The normalized spacial score (nSPS) is 29.9. The molecule has 3 fully saturated rings. The number of hydrogen-bond acceptors (Lipinski definition) is 3. The van der Waals surface area contributed by atoms with Crippen molar-refractivity contribution in [1.29, 1.82) is 0 Å². The van der Waals surface area contributed by atoms with Crippen molar-refractivity contribution in [3.05, 3.63) is 0 Å². The first-order valence-corrected chi connectivity index (χ1v) is 9.39. The molecule has 23 heavy (non-hydrogen) atoms. The van der Waals surface area contributed by atoms with E-state index in [0.29, 0.717) is 19.6 Å². The number of likely N-dealkylation sites (tertiary alicyclic amines) is 1. The average Bonchev–Trinajstić information content (AvgIpc) is 2.53. The SMILES string of the molecule is O=C(NC[C@H]1CCCC[C@@H]1O)C1CN(C(=O)C2CCCCC2)C1. The minimum absolute atomic E-state index is 0.0514. The highest BCUT2D eigenvalue weighted by Crippen LogP contribution is 2.28. The molecule has 0 spiro atoms. The van der Waals surface area contributed by atoms with E-state index < -0.39 is 0 Å². The van der Waals surface area contributed by atoms with Crippen LogP contribution in [0.25, 0.3) is 0 Å². The average molecular weight is 322 g/mol. The van der Waals surface area contributed by atoms with Crippen molar-refractivity contribution in [2.75, 3.05) is 19.6 Å². The molecule has 0 aromatic heterocycles. The van der Waals surface area contributed by atoms with Gasteiger partial charge in [0.25, 0.3) is 0 Å². The summed E-state index contributed by atoms with van der Waals surface area (Å²) < 4.78 is 0. The van der Waals surface area contributed by atoms with Crippen LogP contribution in [0, 0.1) is 17.8 Å². The van der Waals surface area contributed by atoms with Crippen molar-refractivity contribution < 1.29 is 14.7 Å². The van der Waals surface area contributed by atoms with Gasteiger partial charge in [-0.05, 0) is 25.7 Å². The van der Waals surface area contributed by atoms with Gasteiger partial charge >= 0.3 is 0 Å². The minimum atomic E-state index is -0.269. The summed E-state index contributed by atoms with van der Waals surface area (Å²) in [6.07, 6.45) is 9.44. The molecule has 3 rings (SSSR count). The molecule has 2 saturated carbocycles. The number of aliphatic hydroxyl groups excluding tert-OH is 1. The van der Waals surface area contributed by atoms with Crippen LogP contribution >= 0.6 is 0 Å². The number of nitrogens with one attached hydrogen (secondary N) is 1. The summed E-state index contributed by atoms with van der Waals surface area (Å²) in [4.78, 5) is 26.4. The number of nitrogens with zero attached hydrogens (tertiary/aromatic N) is 1. The smallest absolute Gasteiger partial charge is 0.226 e. The molecule has 0 radical (unpaired) electrons. The van der Waals surface area contributed by atoms with Crippen LogP contribution in [0.1, 0.15) is 57.8 Å². The Labute approximate surface area is 138 Å². The summed E-state index contributed by atoms with van der Waals surface area (Å²) in [5, 5.41) is 12.9. The van der Waals surface area contributed by atoms with Gasteiger partial charge in [-0.3, -0.25) is 9.59 Å². The molecule has 1 aliphatic heterocycles. The van der Waals surface area contributed by atoms with Crippen LogP contribution in [0.3, 0.4) is 0 Å². The van der Waals surface area contributed by atoms with Gasteiger partial charge in [-0.25, -0.2) is 0 Å². The van der Waals surface area contributed by atoms with Crippen molar-refractivity contribution in [3.63, 3.8) is 0 Å². The van der Waals surface area contributed by atoms with Gasteiger partial charge in [0.2, 0.25) is 11.8 Å². The molecule has 0 unspecified atom stereocenters. The van der Waals surface area contributed by atoms with E-state index >= 15 is 0 Å². The lowest BCUT2D eigenvalue weighted by Gasteiger charge is -2.41. The van der Waals surface area contributed by atoms with Gasteiger partial charge in [-0.15, -0.1) is 0 Å². The van der Waals surface area contributed by atoms with Crippen molar-refractivity contribution in [2.45, 2.75) is 63.9 Å². The third-order valence-corrected chi connectivity index (χ3v) is 5.93. The molecule has 1 heterocycles. The molecule has 0 bridgehead atoms. The Bertz CT molecular complexity index is 428. The second kappa shape index (κ2) is 7.65. The van der Waals surface area contributed by atoms with Gasteiger partial charge in [0.05, 0.1) is 12.0 Å². The van der Waals surface area contributed by atoms with Crippen LogP contribution in [0.5, 0.6) is 0 Å². The van der Waals surface area contributed by atoms with Crippen molar-refractivity contribution in [3.8, 4) is 0 Å². The number of amides is 2. The number of rotatable bonds is 4. The summed E-state index contributed by atoms with van der Waals surface area (Å²) in [6.45, 7) is 1.73. The van der Waals surface area contributed by atoms with Crippen molar-refractivity contribution in [2.24, 2.45) is 17.8 Å². The lowest BCUT2D eigenvalue weighted by atomic mass is 9.85. The van der Waals surface area contributed by atoms with Crippen LogP contribution in [0.15, 0.2) is 0 Å². The molecule has 5 nitrogen and oxygen atoms in total. The lowest BCUT2D eigenvalue weighted by molar-refractivity contribution is -0.147. The fourth-order valence-corrected chi connectivity index (χ4v) is 4.23. The molecule has 2 aliphatic carbocycles. The number of carbonyl (C=O) groups excluding carboxylic acids is 2. The summed E-state index contributed by atoms with van der Waals surface area (Å²) in [5.74, 6) is 0.660. The minimum Gasteiger partial charge on any atom is -0.393 e.